The van der Waals surface area contributed by atoms with Gasteiger partial charge in [0, 0.05) is 22.7 Å². The van der Waals surface area contributed by atoms with Crippen molar-refractivity contribution in [2.75, 3.05) is 12.4 Å². The lowest BCUT2D eigenvalue weighted by molar-refractivity contribution is -0.135. The molecule has 0 saturated heterocycles. The summed E-state index contributed by atoms with van der Waals surface area (Å²) in [5.41, 5.74) is 2.18. The van der Waals surface area contributed by atoms with Crippen LogP contribution in [0.25, 0.3) is 0 Å². The van der Waals surface area contributed by atoms with Crippen molar-refractivity contribution in [2.24, 2.45) is 5.92 Å². The van der Waals surface area contributed by atoms with Gasteiger partial charge in [-0.15, -0.1) is 0 Å². The molecule has 2 aromatic carbocycles. The Morgan fingerprint density at radius 2 is 2.00 bits per heavy atom. The Morgan fingerprint density at radius 1 is 1.23 bits per heavy atom. The standard InChI is InChI=1S/C21H21NO4/c1-12-14-8-7-13(19(23)15(14)9-10-18(12)26-2)11-21(25)16-5-3-4-6-17(16)22-20(21)24/h3-6,9-10,13,25H,7-8,11H2,1-2H3,(H,22,24)/t13-,21-/m0/s1. The molecule has 1 aliphatic carbocycles. The Balaban J connectivity index is 1.66. The third kappa shape index (κ3) is 2.35. The van der Waals surface area contributed by atoms with Gasteiger partial charge in [-0.25, -0.2) is 0 Å². The van der Waals surface area contributed by atoms with Crippen LogP contribution in [0.4, 0.5) is 5.69 Å². The van der Waals surface area contributed by atoms with Crippen LogP contribution in [-0.4, -0.2) is 23.9 Å². The number of aliphatic hydroxyl groups is 1. The second-order valence-corrected chi connectivity index (χ2v) is 7.08. The molecule has 2 aliphatic rings. The zero-order chi connectivity index (χ0) is 18.5. The van der Waals surface area contributed by atoms with Crippen molar-refractivity contribution in [3.05, 3.63) is 58.7 Å². The largest absolute Gasteiger partial charge is 0.496 e. The number of carbonyl (C=O) groups excluding carboxylic acids is 2. The molecule has 0 unspecified atom stereocenters. The minimum Gasteiger partial charge on any atom is -0.496 e. The van der Waals surface area contributed by atoms with Crippen LogP contribution in [0.2, 0.25) is 0 Å². The molecule has 0 aromatic heterocycles. The van der Waals surface area contributed by atoms with Gasteiger partial charge in [-0.05, 0) is 55.5 Å². The van der Waals surface area contributed by atoms with E-state index in [-0.39, 0.29) is 12.2 Å². The van der Waals surface area contributed by atoms with Crippen molar-refractivity contribution in [3.8, 4) is 5.75 Å². The fourth-order valence-corrected chi connectivity index (χ4v) is 4.23. The number of ketones is 1. The van der Waals surface area contributed by atoms with E-state index in [1.54, 1.807) is 37.4 Å². The van der Waals surface area contributed by atoms with E-state index in [1.807, 2.05) is 13.0 Å². The smallest absolute Gasteiger partial charge is 0.261 e. The highest BCUT2D eigenvalue weighted by molar-refractivity contribution is 6.06. The first-order valence-corrected chi connectivity index (χ1v) is 8.79. The Morgan fingerprint density at radius 3 is 2.77 bits per heavy atom. The lowest BCUT2D eigenvalue weighted by Gasteiger charge is -2.30. The maximum absolute atomic E-state index is 13.0. The van der Waals surface area contributed by atoms with Crippen molar-refractivity contribution < 1.29 is 19.4 Å². The Kier molecular flexibility index (Phi) is 3.84. The number of ether oxygens (including phenoxy) is 1. The molecule has 2 N–H and O–H groups in total. The highest BCUT2D eigenvalue weighted by atomic mass is 16.5. The average molecular weight is 351 g/mol. The fourth-order valence-electron chi connectivity index (χ4n) is 4.23. The summed E-state index contributed by atoms with van der Waals surface area (Å²) in [4.78, 5) is 25.5. The van der Waals surface area contributed by atoms with Gasteiger partial charge in [-0.3, -0.25) is 9.59 Å². The topological polar surface area (TPSA) is 75.6 Å². The number of benzene rings is 2. The third-order valence-electron chi connectivity index (χ3n) is 5.69. The second kappa shape index (κ2) is 5.95. The fraction of sp³-hybridized carbons (Fsp3) is 0.333. The predicted molar refractivity (Wildman–Crippen MR) is 97.5 cm³/mol. The first-order valence-electron chi connectivity index (χ1n) is 8.79. The van der Waals surface area contributed by atoms with E-state index in [0.717, 1.165) is 23.3 Å². The first kappa shape index (κ1) is 16.8. The van der Waals surface area contributed by atoms with Crippen molar-refractivity contribution >= 4 is 17.4 Å². The van der Waals surface area contributed by atoms with Gasteiger partial charge in [0.05, 0.1) is 7.11 Å². The van der Waals surface area contributed by atoms with Gasteiger partial charge in [0.2, 0.25) is 0 Å². The lowest BCUT2D eigenvalue weighted by atomic mass is 9.74. The number of hydrogen-bond donors (Lipinski definition) is 2. The van der Waals surface area contributed by atoms with Crippen LogP contribution in [-0.2, 0) is 16.8 Å². The van der Waals surface area contributed by atoms with Crippen molar-refractivity contribution in [1.82, 2.24) is 0 Å². The van der Waals surface area contributed by atoms with Gasteiger partial charge in [0.15, 0.2) is 11.4 Å². The molecule has 0 saturated carbocycles. The number of carbonyl (C=O) groups is 2. The van der Waals surface area contributed by atoms with Gasteiger partial charge in [-0.1, -0.05) is 18.2 Å². The summed E-state index contributed by atoms with van der Waals surface area (Å²) in [5, 5.41) is 13.8. The van der Waals surface area contributed by atoms with Crippen LogP contribution in [0.15, 0.2) is 36.4 Å². The second-order valence-electron chi connectivity index (χ2n) is 7.08. The number of methoxy groups -OCH3 is 1. The lowest BCUT2D eigenvalue weighted by Crippen LogP contribution is -2.39. The maximum atomic E-state index is 13.0. The Hall–Kier alpha value is -2.66. The number of fused-ring (bicyclic) bond motifs is 2. The van der Waals surface area contributed by atoms with Crippen molar-refractivity contribution in [1.29, 1.82) is 0 Å². The number of hydrogen-bond acceptors (Lipinski definition) is 4. The number of Topliss-reactive ketones (excluding diaryl/α,β-unsaturated/α-hetero) is 1. The van der Waals surface area contributed by atoms with E-state index < -0.39 is 17.4 Å². The zero-order valence-electron chi connectivity index (χ0n) is 14.8. The molecule has 1 amide bonds. The molecular weight excluding hydrogens is 330 g/mol. The summed E-state index contributed by atoms with van der Waals surface area (Å²) >= 11 is 0. The molecule has 2 aromatic rings. The van der Waals surface area contributed by atoms with Crippen LogP contribution in [0, 0.1) is 12.8 Å². The van der Waals surface area contributed by atoms with Crippen molar-refractivity contribution in [3.63, 3.8) is 0 Å². The van der Waals surface area contributed by atoms with Crippen LogP contribution >= 0.6 is 0 Å². The van der Waals surface area contributed by atoms with E-state index >= 15 is 0 Å². The predicted octanol–water partition coefficient (Wildman–Crippen LogP) is 2.98. The highest BCUT2D eigenvalue weighted by Gasteiger charge is 2.48. The summed E-state index contributed by atoms with van der Waals surface area (Å²) in [6.45, 7) is 1.96. The quantitative estimate of drug-likeness (QED) is 0.891. The number of amides is 1. The summed E-state index contributed by atoms with van der Waals surface area (Å²) < 4.78 is 5.35. The third-order valence-corrected chi connectivity index (χ3v) is 5.69. The molecule has 0 bridgehead atoms. The van der Waals surface area contributed by atoms with E-state index in [4.69, 9.17) is 4.74 Å². The average Bonchev–Trinajstić information content (AvgIpc) is 2.89. The minimum absolute atomic E-state index is 0.0115. The van der Waals surface area contributed by atoms with Crippen LogP contribution in [0.1, 0.15) is 39.9 Å². The Bertz CT molecular complexity index is 920. The van der Waals surface area contributed by atoms with Gasteiger partial charge in [0.1, 0.15) is 5.75 Å². The molecular formula is C21H21NO4. The van der Waals surface area contributed by atoms with Gasteiger partial charge < -0.3 is 15.2 Å². The molecule has 4 rings (SSSR count). The number of anilines is 1. The molecule has 0 spiro atoms. The Labute approximate surface area is 152 Å². The molecule has 0 fully saturated rings. The van der Waals surface area contributed by atoms with Crippen LogP contribution in [0.5, 0.6) is 5.75 Å². The normalized spacial score (nSPS) is 24.0. The molecule has 0 radical (unpaired) electrons. The maximum Gasteiger partial charge on any atom is 0.261 e. The zero-order valence-corrected chi connectivity index (χ0v) is 14.8. The summed E-state index contributed by atoms with van der Waals surface area (Å²) in [7, 11) is 1.62. The SMILES string of the molecule is COc1ccc2c(c1C)CC[C@@H](C[C@@]1(O)C(=O)Nc3ccccc31)C2=O. The molecule has 134 valence electrons. The number of para-hydroxylation sites is 1. The van der Waals surface area contributed by atoms with Crippen LogP contribution < -0.4 is 10.1 Å². The first-order chi connectivity index (χ1) is 12.5. The monoisotopic (exact) mass is 351 g/mol. The molecule has 1 aliphatic heterocycles. The van der Waals surface area contributed by atoms with E-state index in [9.17, 15) is 14.7 Å². The van der Waals surface area contributed by atoms with Crippen molar-refractivity contribution in [2.45, 2.75) is 31.8 Å². The van der Waals surface area contributed by atoms with Gasteiger partial charge >= 0.3 is 0 Å². The number of nitrogens with one attached hydrogen (secondary N) is 1. The summed E-state index contributed by atoms with van der Waals surface area (Å²) in [6.07, 6.45) is 1.44. The van der Waals surface area contributed by atoms with Gasteiger partial charge in [-0.2, -0.15) is 0 Å². The molecule has 2 atom stereocenters. The highest BCUT2D eigenvalue weighted by Crippen LogP contribution is 2.43. The molecule has 5 nitrogen and oxygen atoms in total. The van der Waals surface area contributed by atoms with E-state index in [1.165, 1.54) is 0 Å². The number of rotatable bonds is 3. The summed E-state index contributed by atoms with van der Waals surface area (Å²) in [6, 6.07) is 10.7. The van der Waals surface area contributed by atoms with E-state index in [2.05, 4.69) is 5.32 Å². The summed E-state index contributed by atoms with van der Waals surface area (Å²) in [5.74, 6) is -0.0826. The van der Waals surface area contributed by atoms with Gasteiger partial charge in [0.25, 0.3) is 5.91 Å². The van der Waals surface area contributed by atoms with E-state index in [0.29, 0.717) is 23.2 Å². The molecule has 1 heterocycles. The van der Waals surface area contributed by atoms with Crippen LogP contribution in [0.3, 0.4) is 0 Å². The molecule has 26 heavy (non-hydrogen) atoms. The minimum atomic E-state index is -1.66. The molecule has 5 heteroatoms.